The lowest BCUT2D eigenvalue weighted by Crippen LogP contribution is -2.30. The average Bonchev–Trinajstić information content (AvgIpc) is 2.73. The Morgan fingerprint density at radius 3 is 2.27 bits per heavy atom. The number of piperidine rings is 1. The number of nitrogens with zero attached hydrogens (tertiary/aromatic N) is 4. The summed E-state index contributed by atoms with van der Waals surface area (Å²) in [4.78, 5) is 15.7. The van der Waals surface area contributed by atoms with Gasteiger partial charge in [-0.05, 0) is 49.9 Å². The zero-order valence-electron chi connectivity index (χ0n) is 16.5. The van der Waals surface area contributed by atoms with Gasteiger partial charge in [0.15, 0.2) is 0 Å². The lowest BCUT2D eigenvalue weighted by Gasteiger charge is -2.28. The molecular weight excluding hydrogens is 393 g/mol. The SMILES string of the molecule is Cc1nc(-c2cncc(-c3ccc(OC(F)(F)F)cc3)c2)cc(N2CCCCC2)n1. The van der Waals surface area contributed by atoms with Crippen LogP contribution in [0.25, 0.3) is 22.4 Å². The van der Waals surface area contributed by atoms with Crippen molar-refractivity contribution in [2.45, 2.75) is 32.5 Å². The monoisotopic (exact) mass is 414 g/mol. The molecule has 0 atom stereocenters. The Bertz CT molecular complexity index is 1020. The van der Waals surface area contributed by atoms with Gasteiger partial charge in [0.25, 0.3) is 0 Å². The molecule has 3 aromatic rings. The van der Waals surface area contributed by atoms with Crippen molar-refractivity contribution in [2.24, 2.45) is 0 Å². The maximum atomic E-state index is 12.4. The van der Waals surface area contributed by atoms with Crippen LogP contribution in [0.5, 0.6) is 5.75 Å². The summed E-state index contributed by atoms with van der Waals surface area (Å²) in [6.07, 6.45) is 2.24. The van der Waals surface area contributed by atoms with Gasteiger partial charge in [-0.25, -0.2) is 9.97 Å². The number of hydrogen-bond donors (Lipinski definition) is 0. The van der Waals surface area contributed by atoms with Crippen LogP contribution < -0.4 is 9.64 Å². The zero-order valence-corrected chi connectivity index (χ0v) is 16.5. The molecule has 0 N–H and O–H groups in total. The number of ether oxygens (including phenoxy) is 1. The first kappa shape index (κ1) is 20.1. The predicted octanol–water partition coefficient (Wildman–Crippen LogP) is 5.40. The molecule has 1 aliphatic heterocycles. The third kappa shape index (κ3) is 4.87. The van der Waals surface area contributed by atoms with E-state index >= 15 is 0 Å². The van der Waals surface area contributed by atoms with Crippen molar-refractivity contribution >= 4 is 5.82 Å². The fourth-order valence-corrected chi connectivity index (χ4v) is 3.57. The maximum absolute atomic E-state index is 12.4. The van der Waals surface area contributed by atoms with Crippen LogP contribution in [0, 0.1) is 6.92 Å². The molecule has 30 heavy (non-hydrogen) atoms. The van der Waals surface area contributed by atoms with Crippen LogP contribution in [0.4, 0.5) is 19.0 Å². The van der Waals surface area contributed by atoms with Crippen molar-refractivity contribution in [3.05, 3.63) is 54.6 Å². The zero-order chi connectivity index (χ0) is 21.1. The third-order valence-corrected chi connectivity index (χ3v) is 4.96. The van der Waals surface area contributed by atoms with Crippen LogP contribution in [0.2, 0.25) is 0 Å². The number of hydrogen-bond acceptors (Lipinski definition) is 5. The Labute approximate surface area is 172 Å². The van der Waals surface area contributed by atoms with E-state index < -0.39 is 6.36 Å². The standard InChI is InChI=1S/C22H21F3N4O/c1-15-27-20(12-21(28-15)29-9-3-2-4-10-29)18-11-17(13-26-14-18)16-5-7-19(8-6-16)30-22(23,24)25/h5-8,11-14H,2-4,9-10H2,1H3. The van der Waals surface area contributed by atoms with Gasteiger partial charge in [-0.15, -0.1) is 13.2 Å². The quantitative estimate of drug-likeness (QED) is 0.572. The number of anilines is 1. The minimum atomic E-state index is -4.71. The molecule has 4 rings (SSSR count). The fraction of sp³-hybridized carbons (Fsp3) is 0.318. The maximum Gasteiger partial charge on any atom is 0.573 e. The van der Waals surface area contributed by atoms with E-state index in [1.807, 2.05) is 19.1 Å². The highest BCUT2D eigenvalue weighted by atomic mass is 19.4. The number of rotatable bonds is 4. The molecule has 0 aliphatic carbocycles. The van der Waals surface area contributed by atoms with Crippen molar-refractivity contribution in [1.82, 2.24) is 15.0 Å². The van der Waals surface area contributed by atoms with Gasteiger partial charge in [-0.1, -0.05) is 12.1 Å². The van der Waals surface area contributed by atoms with Crippen molar-refractivity contribution in [3.63, 3.8) is 0 Å². The van der Waals surface area contributed by atoms with Gasteiger partial charge < -0.3 is 9.64 Å². The number of halogens is 3. The fourth-order valence-electron chi connectivity index (χ4n) is 3.57. The number of alkyl halides is 3. The molecule has 3 heterocycles. The Morgan fingerprint density at radius 2 is 1.57 bits per heavy atom. The minimum Gasteiger partial charge on any atom is -0.406 e. The van der Waals surface area contributed by atoms with Crippen molar-refractivity contribution < 1.29 is 17.9 Å². The Morgan fingerprint density at radius 1 is 0.867 bits per heavy atom. The van der Waals surface area contributed by atoms with E-state index in [1.165, 1.54) is 18.6 Å². The lowest BCUT2D eigenvalue weighted by atomic mass is 10.0. The first-order valence-electron chi connectivity index (χ1n) is 9.80. The molecule has 1 saturated heterocycles. The molecule has 0 unspecified atom stereocenters. The van der Waals surface area contributed by atoms with Crippen LogP contribution in [-0.2, 0) is 0 Å². The number of pyridine rings is 1. The third-order valence-electron chi connectivity index (χ3n) is 4.96. The van der Waals surface area contributed by atoms with Gasteiger partial charge >= 0.3 is 6.36 Å². The molecule has 8 heteroatoms. The molecule has 0 bridgehead atoms. The van der Waals surface area contributed by atoms with Crippen LogP contribution in [0.15, 0.2) is 48.8 Å². The van der Waals surface area contributed by atoms with Crippen molar-refractivity contribution in [2.75, 3.05) is 18.0 Å². The molecule has 1 aliphatic rings. The molecule has 5 nitrogen and oxygen atoms in total. The second-order valence-electron chi connectivity index (χ2n) is 7.24. The van der Waals surface area contributed by atoms with E-state index in [2.05, 4.69) is 24.6 Å². The molecule has 156 valence electrons. The summed E-state index contributed by atoms with van der Waals surface area (Å²) in [5, 5.41) is 0. The highest BCUT2D eigenvalue weighted by molar-refractivity contribution is 5.71. The first-order valence-corrected chi connectivity index (χ1v) is 9.80. The van der Waals surface area contributed by atoms with Gasteiger partial charge in [0, 0.05) is 42.7 Å². The molecule has 0 amide bonds. The van der Waals surface area contributed by atoms with E-state index in [-0.39, 0.29) is 5.75 Å². The van der Waals surface area contributed by atoms with E-state index in [0.29, 0.717) is 5.82 Å². The van der Waals surface area contributed by atoms with Crippen molar-refractivity contribution in [3.8, 4) is 28.1 Å². The van der Waals surface area contributed by atoms with E-state index in [1.54, 1.807) is 24.5 Å². The summed E-state index contributed by atoms with van der Waals surface area (Å²) < 4.78 is 41.0. The Hall–Kier alpha value is -3.16. The normalized spacial score (nSPS) is 14.6. The summed E-state index contributed by atoms with van der Waals surface area (Å²) >= 11 is 0. The Kier molecular flexibility index (Phi) is 5.57. The second-order valence-corrected chi connectivity index (χ2v) is 7.24. The van der Waals surface area contributed by atoms with Gasteiger partial charge in [0.2, 0.25) is 0 Å². The average molecular weight is 414 g/mol. The minimum absolute atomic E-state index is 0.257. The Balaban J connectivity index is 1.61. The molecule has 1 aromatic carbocycles. The number of aryl methyl sites for hydroxylation is 1. The number of benzene rings is 1. The van der Waals surface area contributed by atoms with E-state index in [0.717, 1.165) is 54.1 Å². The number of aromatic nitrogens is 3. The smallest absolute Gasteiger partial charge is 0.406 e. The van der Waals surface area contributed by atoms with E-state index in [4.69, 9.17) is 0 Å². The van der Waals surface area contributed by atoms with Crippen LogP contribution in [0.3, 0.4) is 0 Å². The molecule has 1 fully saturated rings. The molecule has 2 aromatic heterocycles. The largest absolute Gasteiger partial charge is 0.573 e. The second kappa shape index (κ2) is 8.30. The van der Waals surface area contributed by atoms with Gasteiger partial charge in [0.05, 0.1) is 5.69 Å². The van der Waals surface area contributed by atoms with Gasteiger partial charge in [-0.2, -0.15) is 0 Å². The van der Waals surface area contributed by atoms with Crippen molar-refractivity contribution in [1.29, 1.82) is 0 Å². The highest BCUT2D eigenvalue weighted by Crippen LogP contribution is 2.29. The molecule has 0 spiro atoms. The van der Waals surface area contributed by atoms with Crippen LogP contribution in [-0.4, -0.2) is 34.4 Å². The lowest BCUT2D eigenvalue weighted by molar-refractivity contribution is -0.274. The van der Waals surface area contributed by atoms with Crippen LogP contribution >= 0.6 is 0 Å². The van der Waals surface area contributed by atoms with Gasteiger partial charge in [0.1, 0.15) is 17.4 Å². The highest BCUT2D eigenvalue weighted by Gasteiger charge is 2.31. The summed E-state index contributed by atoms with van der Waals surface area (Å²) in [5.41, 5.74) is 3.11. The molecule has 0 radical (unpaired) electrons. The summed E-state index contributed by atoms with van der Waals surface area (Å²) in [6.45, 7) is 3.84. The van der Waals surface area contributed by atoms with Crippen LogP contribution in [0.1, 0.15) is 25.1 Å². The molecular formula is C22H21F3N4O. The summed E-state index contributed by atoms with van der Waals surface area (Å²) in [7, 11) is 0. The topological polar surface area (TPSA) is 51.1 Å². The first-order chi connectivity index (χ1) is 14.4. The summed E-state index contributed by atoms with van der Waals surface area (Å²) in [5.74, 6) is 1.34. The van der Waals surface area contributed by atoms with Gasteiger partial charge in [-0.3, -0.25) is 4.98 Å². The van der Waals surface area contributed by atoms with E-state index in [9.17, 15) is 13.2 Å². The molecule has 0 saturated carbocycles. The summed E-state index contributed by atoms with van der Waals surface area (Å²) in [6, 6.07) is 9.63. The predicted molar refractivity (Wildman–Crippen MR) is 108 cm³/mol.